The number of nitriles is 1. The second-order valence-corrected chi connectivity index (χ2v) is 4.68. The number of rotatable bonds is 3. The average molecular weight is 291 g/mol. The molecule has 0 aliphatic carbocycles. The largest absolute Gasteiger partial charge is 0.304 e. The van der Waals surface area contributed by atoms with E-state index in [1.165, 1.54) is 0 Å². The van der Waals surface area contributed by atoms with E-state index in [-0.39, 0.29) is 17.3 Å². The molecule has 0 saturated carbocycles. The first-order chi connectivity index (χ1) is 10.7. The highest BCUT2D eigenvalue weighted by Gasteiger charge is 2.17. The molecule has 0 bridgehead atoms. The predicted octanol–water partition coefficient (Wildman–Crippen LogP) is 2.42. The van der Waals surface area contributed by atoms with Gasteiger partial charge in [-0.15, -0.1) is 5.10 Å². The van der Waals surface area contributed by atoms with Gasteiger partial charge in [0.2, 0.25) is 0 Å². The summed E-state index contributed by atoms with van der Waals surface area (Å²) in [7, 11) is 0. The third-order valence-electron chi connectivity index (χ3n) is 3.34. The first-order valence-electron chi connectivity index (χ1n) is 6.87. The van der Waals surface area contributed by atoms with E-state index in [1.54, 1.807) is 35.0 Å². The van der Waals surface area contributed by atoms with Gasteiger partial charge >= 0.3 is 0 Å². The lowest BCUT2D eigenvalue weighted by Crippen LogP contribution is -2.13. The molecule has 3 aromatic rings. The van der Waals surface area contributed by atoms with Crippen molar-refractivity contribution >= 4 is 17.4 Å². The van der Waals surface area contributed by atoms with Crippen molar-refractivity contribution in [2.45, 2.75) is 13.3 Å². The molecule has 0 saturated heterocycles. The number of aryl methyl sites for hydroxylation is 1. The number of hydrogen-bond donors (Lipinski definition) is 1. The van der Waals surface area contributed by atoms with Crippen LogP contribution in [0.25, 0.3) is 5.65 Å². The third-order valence-corrected chi connectivity index (χ3v) is 3.34. The van der Waals surface area contributed by atoms with Crippen LogP contribution < -0.4 is 5.32 Å². The van der Waals surface area contributed by atoms with Gasteiger partial charge in [0, 0.05) is 17.5 Å². The number of anilines is 1. The molecule has 1 aromatic carbocycles. The molecular weight excluding hydrogens is 278 g/mol. The van der Waals surface area contributed by atoms with Gasteiger partial charge in [0.05, 0.1) is 0 Å². The van der Waals surface area contributed by atoms with E-state index in [0.29, 0.717) is 11.2 Å². The molecule has 1 N–H and O–H groups in total. The summed E-state index contributed by atoms with van der Waals surface area (Å²) in [5.74, 6) is -0.0803. The maximum atomic E-state index is 12.2. The van der Waals surface area contributed by atoms with Crippen molar-refractivity contribution in [2.24, 2.45) is 0 Å². The lowest BCUT2D eigenvalue weighted by molar-refractivity contribution is 0.102. The zero-order chi connectivity index (χ0) is 15.5. The fourth-order valence-electron chi connectivity index (χ4n) is 2.22. The van der Waals surface area contributed by atoms with Crippen LogP contribution in [-0.2, 0) is 6.42 Å². The summed E-state index contributed by atoms with van der Waals surface area (Å²) in [6, 6.07) is 12.7. The Hall–Kier alpha value is -3.20. The van der Waals surface area contributed by atoms with E-state index in [0.717, 1.165) is 12.1 Å². The van der Waals surface area contributed by atoms with Crippen molar-refractivity contribution in [3.05, 3.63) is 59.4 Å². The Kier molecular flexibility index (Phi) is 3.54. The highest BCUT2D eigenvalue weighted by molar-refractivity contribution is 6.04. The van der Waals surface area contributed by atoms with Gasteiger partial charge in [0.15, 0.2) is 11.5 Å². The summed E-state index contributed by atoms with van der Waals surface area (Å²) in [4.78, 5) is 16.4. The minimum Gasteiger partial charge on any atom is -0.304 e. The topological polar surface area (TPSA) is 83.1 Å². The molecule has 6 heteroatoms. The zero-order valence-corrected chi connectivity index (χ0v) is 11.9. The Bertz CT molecular complexity index is 877. The van der Waals surface area contributed by atoms with Crippen LogP contribution in [-0.4, -0.2) is 20.5 Å². The molecule has 6 nitrogen and oxygen atoms in total. The Morgan fingerprint density at radius 2 is 2.09 bits per heavy atom. The Labute approximate surface area is 127 Å². The second-order valence-electron chi connectivity index (χ2n) is 4.68. The summed E-state index contributed by atoms with van der Waals surface area (Å²) >= 11 is 0. The fraction of sp³-hybridized carbons (Fsp3) is 0.125. The average Bonchev–Trinajstić information content (AvgIpc) is 2.92. The van der Waals surface area contributed by atoms with Crippen LogP contribution >= 0.6 is 0 Å². The van der Waals surface area contributed by atoms with Crippen LogP contribution in [0.2, 0.25) is 0 Å². The number of fused-ring (bicyclic) bond motifs is 1. The molecule has 0 unspecified atom stereocenters. The second kappa shape index (κ2) is 5.66. The molecule has 0 radical (unpaired) electrons. The van der Waals surface area contributed by atoms with Gasteiger partial charge in [-0.2, -0.15) is 5.26 Å². The predicted molar refractivity (Wildman–Crippen MR) is 81.5 cm³/mol. The summed E-state index contributed by atoms with van der Waals surface area (Å²) < 4.78 is 1.60. The summed E-state index contributed by atoms with van der Waals surface area (Å²) in [6.45, 7) is 1.99. The number of benzene rings is 1. The summed E-state index contributed by atoms with van der Waals surface area (Å²) in [5.41, 5.74) is 2.14. The van der Waals surface area contributed by atoms with Crippen molar-refractivity contribution in [1.82, 2.24) is 14.6 Å². The number of nitrogens with zero attached hydrogens (tertiary/aromatic N) is 4. The molecule has 2 heterocycles. The van der Waals surface area contributed by atoms with Crippen LogP contribution in [0.15, 0.2) is 42.6 Å². The molecule has 2 aromatic heterocycles. The van der Waals surface area contributed by atoms with E-state index in [1.807, 2.05) is 19.1 Å². The zero-order valence-electron chi connectivity index (χ0n) is 11.9. The molecule has 108 valence electrons. The fourth-order valence-corrected chi connectivity index (χ4v) is 2.22. The van der Waals surface area contributed by atoms with Gasteiger partial charge in [-0.3, -0.25) is 4.79 Å². The van der Waals surface area contributed by atoms with Crippen LogP contribution in [0, 0.1) is 11.3 Å². The first kappa shape index (κ1) is 13.8. The smallest absolute Gasteiger partial charge is 0.256 e. The number of amides is 1. The number of hydrogen-bond acceptors (Lipinski definition) is 4. The molecule has 3 rings (SSSR count). The van der Waals surface area contributed by atoms with Crippen molar-refractivity contribution in [1.29, 1.82) is 5.26 Å². The van der Waals surface area contributed by atoms with Gasteiger partial charge in [-0.1, -0.05) is 25.1 Å². The highest BCUT2D eigenvalue weighted by Crippen LogP contribution is 2.20. The molecule has 0 aliphatic rings. The quantitative estimate of drug-likeness (QED) is 0.803. The van der Waals surface area contributed by atoms with E-state index in [2.05, 4.69) is 21.5 Å². The number of carbonyl (C=O) groups is 1. The third kappa shape index (κ3) is 2.29. The molecule has 0 atom stereocenters. The van der Waals surface area contributed by atoms with Crippen LogP contribution in [0.1, 0.15) is 28.5 Å². The van der Waals surface area contributed by atoms with Crippen LogP contribution in [0.5, 0.6) is 0 Å². The van der Waals surface area contributed by atoms with Gasteiger partial charge in [0.1, 0.15) is 11.6 Å². The summed E-state index contributed by atoms with van der Waals surface area (Å²) in [6.07, 6.45) is 2.39. The Morgan fingerprint density at radius 1 is 1.32 bits per heavy atom. The SMILES string of the molecule is CCc1ccnc2c(C#N)c(NC(=O)c3ccccc3)nn12. The molecule has 0 spiro atoms. The molecule has 0 fully saturated rings. The maximum Gasteiger partial charge on any atom is 0.256 e. The molecule has 22 heavy (non-hydrogen) atoms. The lowest BCUT2D eigenvalue weighted by atomic mass is 10.2. The molecule has 1 amide bonds. The Balaban J connectivity index is 2.04. The van der Waals surface area contributed by atoms with Gasteiger partial charge in [0.25, 0.3) is 5.91 Å². The number of aromatic nitrogens is 3. The van der Waals surface area contributed by atoms with Crippen molar-refractivity contribution in [3.8, 4) is 6.07 Å². The van der Waals surface area contributed by atoms with Crippen molar-refractivity contribution in [3.63, 3.8) is 0 Å². The molecule has 0 aliphatic heterocycles. The standard InChI is InChI=1S/C16H13N5O/c1-2-12-8-9-18-15-13(10-17)14(20-21(12)15)19-16(22)11-6-4-3-5-7-11/h3-9H,2H2,1H3,(H,19,20,22). The number of carbonyl (C=O) groups excluding carboxylic acids is 1. The minimum absolute atomic E-state index is 0.227. The monoisotopic (exact) mass is 291 g/mol. The normalized spacial score (nSPS) is 10.4. The highest BCUT2D eigenvalue weighted by atomic mass is 16.1. The van der Waals surface area contributed by atoms with Crippen molar-refractivity contribution < 1.29 is 4.79 Å². The first-order valence-corrected chi connectivity index (χ1v) is 6.87. The van der Waals surface area contributed by atoms with Gasteiger partial charge < -0.3 is 5.32 Å². The van der Waals surface area contributed by atoms with Gasteiger partial charge in [-0.25, -0.2) is 9.50 Å². The van der Waals surface area contributed by atoms with Crippen molar-refractivity contribution in [2.75, 3.05) is 5.32 Å². The van der Waals surface area contributed by atoms with E-state index < -0.39 is 0 Å². The summed E-state index contributed by atoms with van der Waals surface area (Å²) in [5, 5.41) is 16.4. The van der Waals surface area contributed by atoms with Crippen LogP contribution in [0.3, 0.4) is 0 Å². The van der Waals surface area contributed by atoms with Gasteiger partial charge in [-0.05, 0) is 24.6 Å². The van der Waals surface area contributed by atoms with E-state index in [4.69, 9.17) is 0 Å². The minimum atomic E-state index is -0.307. The molecular formula is C16H13N5O. The lowest BCUT2D eigenvalue weighted by Gasteiger charge is -2.01. The maximum absolute atomic E-state index is 12.2. The Morgan fingerprint density at radius 3 is 2.77 bits per heavy atom. The van der Waals surface area contributed by atoms with E-state index >= 15 is 0 Å². The van der Waals surface area contributed by atoms with Crippen LogP contribution in [0.4, 0.5) is 5.82 Å². The number of nitrogens with one attached hydrogen (secondary N) is 1. The van der Waals surface area contributed by atoms with E-state index in [9.17, 15) is 10.1 Å².